The van der Waals surface area contributed by atoms with Crippen LogP contribution in [0.2, 0.25) is 0 Å². The normalized spacial score (nSPS) is 10.7. The molecule has 4 nitrogen and oxygen atoms in total. The number of aromatic nitrogens is 1. The van der Waals surface area contributed by atoms with Crippen molar-refractivity contribution in [3.63, 3.8) is 0 Å². The van der Waals surface area contributed by atoms with Crippen molar-refractivity contribution in [3.8, 4) is 5.75 Å². The summed E-state index contributed by atoms with van der Waals surface area (Å²) in [5.74, 6) is 0.353. The lowest BCUT2D eigenvalue weighted by molar-refractivity contribution is 0.301. The Labute approximate surface area is 112 Å². The first kappa shape index (κ1) is 13.4. The van der Waals surface area contributed by atoms with Gasteiger partial charge in [-0.05, 0) is 19.7 Å². The van der Waals surface area contributed by atoms with Gasteiger partial charge in [-0.25, -0.2) is 0 Å². The molecule has 0 amide bonds. The monoisotopic (exact) mass is 258 g/mol. The zero-order valence-electron chi connectivity index (χ0n) is 11.2. The summed E-state index contributed by atoms with van der Waals surface area (Å²) in [6.07, 6.45) is 1.63. The highest BCUT2D eigenvalue weighted by Crippen LogP contribution is 2.07. The maximum atomic E-state index is 11.9. The van der Waals surface area contributed by atoms with E-state index >= 15 is 0 Å². The summed E-state index contributed by atoms with van der Waals surface area (Å²) in [7, 11) is 3.91. The average molecular weight is 258 g/mol. The van der Waals surface area contributed by atoms with Crippen molar-refractivity contribution in [2.45, 2.75) is 13.2 Å². The number of hydrogen-bond acceptors (Lipinski definition) is 3. The van der Waals surface area contributed by atoms with Gasteiger partial charge in [0.05, 0.1) is 0 Å². The lowest BCUT2D eigenvalue weighted by Crippen LogP contribution is -2.15. The van der Waals surface area contributed by atoms with Crippen molar-refractivity contribution in [2.24, 2.45) is 0 Å². The van der Waals surface area contributed by atoms with Gasteiger partial charge in [-0.2, -0.15) is 0 Å². The largest absolute Gasteiger partial charge is 0.483 e. The lowest BCUT2D eigenvalue weighted by atomic mass is 10.2. The fourth-order valence-corrected chi connectivity index (χ4v) is 1.78. The van der Waals surface area contributed by atoms with Gasteiger partial charge in [0.1, 0.15) is 6.61 Å². The Morgan fingerprint density at radius 2 is 1.95 bits per heavy atom. The summed E-state index contributed by atoms with van der Waals surface area (Å²) in [5.41, 5.74) is 1.83. The first-order valence-corrected chi connectivity index (χ1v) is 6.18. The van der Waals surface area contributed by atoms with E-state index in [0.29, 0.717) is 18.9 Å². The summed E-state index contributed by atoms with van der Waals surface area (Å²) in [4.78, 5) is 17.0. The van der Waals surface area contributed by atoms with Crippen LogP contribution in [0.5, 0.6) is 5.75 Å². The molecule has 100 valence electrons. The number of benzene rings is 1. The van der Waals surface area contributed by atoms with Gasteiger partial charge in [0.15, 0.2) is 5.75 Å². The molecule has 0 saturated heterocycles. The van der Waals surface area contributed by atoms with Crippen LogP contribution in [0, 0.1) is 0 Å². The second kappa shape index (κ2) is 6.20. The minimum atomic E-state index is -0.0912. The van der Waals surface area contributed by atoms with E-state index < -0.39 is 0 Å². The number of ether oxygens (including phenoxy) is 1. The molecule has 0 atom stereocenters. The van der Waals surface area contributed by atoms with Gasteiger partial charge < -0.3 is 14.6 Å². The molecule has 0 unspecified atom stereocenters. The van der Waals surface area contributed by atoms with Crippen molar-refractivity contribution in [2.75, 3.05) is 14.1 Å². The molecule has 19 heavy (non-hydrogen) atoms. The van der Waals surface area contributed by atoms with Crippen LogP contribution in [0.15, 0.2) is 47.4 Å². The molecule has 1 heterocycles. The highest BCUT2D eigenvalue weighted by atomic mass is 16.5. The van der Waals surface area contributed by atoms with E-state index in [-0.39, 0.29) is 5.43 Å². The standard InChI is InChI=1S/C15H18N2O2/c1-17(2)10-13-8-14(18)15(9-16-13)19-11-12-6-4-3-5-7-12/h3-9H,10-11H2,1-2H3,(H,16,18). The van der Waals surface area contributed by atoms with Gasteiger partial charge >= 0.3 is 0 Å². The zero-order chi connectivity index (χ0) is 13.7. The Balaban J connectivity index is 2.03. The predicted molar refractivity (Wildman–Crippen MR) is 75.2 cm³/mol. The van der Waals surface area contributed by atoms with E-state index in [4.69, 9.17) is 4.74 Å². The van der Waals surface area contributed by atoms with E-state index in [1.165, 1.54) is 0 Å². The van der Waals surface area contributed by atoms with Crippen molar-refractivity contribution >= 4 is 0 Å². The highest BCUT2D eigenvalue weighted by molar-refractivity contribution is 5.21. The molecule has 0 saturated carbocycles. The van der Waals surface area contributed by atoms with E-state index in [2.05, 4.69) is 4.98 Å². The lowest BCUT2D eigenvalue weighted by Gasteiger charge is -2.10. The zero-order valence-corrected chi connectivity index (χ0v) is 11.2. The number of nitrogens with zero attached hydrogens (tertiary/aromatic N) is 1. The molecule has 0 spiro atoms. The van der Waals surface area contributed by atoms with Gasteiger partial charge in [0.25, 0.3) is 0 Å². The van der Waals surface area contributed by atoms with Gasteiger partial charge in [-0.1, -0.05) is 30.3 Å². The topological polar surface area (TPSA) is 45.3 Å². The number of aromatic amines is 1. The minimum absolute atomic E-state index is 0.0912. The first-order chi connectivity index (χ1) is 9.15. The quantitative estimate of drug-likeness (QED) is 0.892. The van der Waals surface area contributed by atoms with E-state index in [9.17, 15) is 4.79 Å². The van der Waals surface area contributed by atoms with Crippen LogP contribution in [0.3, 0.4) is 0 Å². The Morgan fingerprint density at radius 1 is 1.21 bits per heavy atom. The molecule has 2 aromatic rings. The molecule has 0 fully saturated rings. The number of rotatable bonds is 5. The smallest absolute Gasteiger partial charge is 0.223 e. The van der Waals surface area contributed by atoms with Crippen LogP contribution in [-0.4, -0.2) is 24.0 Å². The Hall–Kier alpha value is -2.07. The van der Waals surface area contributed by atoms with Crippen LogP contribution >= 0.6 is 0 Å². The van der Waals surface area contributed by atoms with E-state index in [0.717, 1.165) is 11.3 Å². The fourth-order valence-electron chi connectivity index (χ4n) is 1.78. The van der Waals surface area contributed by atoms with Crippen molar-refractivity contribution in [1.82, 2.24) is 9.88 Å². The van der Waals surface area contributed by atoms with Gasteiger partial charge in [-0.15, -0.1) is 0 Å². The van der Waals surface area contributed by atoms with Gasteiger partial charge in [0, 0.05) is 24.5 Å². The predicted octanol–water partition coefficient (Wildman–Crippen LogP) is 2.02. The second-order valence-electron chi connectivity index (χ2n) is 4.70. The van der Waals surface area contributed by atoms with Crippen LogP contribution in [0.1, 0.15) is 11.3 Å². The van der Waals surface area contributed by atoms with Crippen LogP contribution in [0.25, 0.3) is 0 Å². The number of hydrogen-bond donors (Lipinski definition) is 1. The van der Waals surface area contributed by atoms with E-state index in [1.807, 2.05) is 49.3 Å². The summed E-state index contributed by atoms with van der Waals surface area (Å²) in [5, 5.41) is 0. The van der Waals surface area contributed by atoms with Crippen molar-refractivity contribution < 1.29 is 4.74 Å². The SMILES string of the molecule is CN(C)Cc1cc(=O)c(OCc2ccccc2)c[nH]1. The molecule has 1 aromatic heterocycles. The maximum Gasteiger partial charge on any atom is 0.223 e. The molecule has 4 heteroatoms. The number of H-pyrrole nitrogens is 1. The maximum absolute atomic E-state index is 11.9. The van der Waals surface area contributed by atoms with Gasteiger partial charge in [-0.3, -0.25) is 4.79 Å². The third kappa shape index (κ3) is 3.96. The molecule has 1 aromatic carbocycles. The molecule has 0 aliphatic carbocycles. The summed E-state index contributed by atoms with van der Waals surface area (Å²) in [6.45, 7) is 1.10. The minimum Gasteiger partial charge on any atom is -0.483 e. The molecule has 0 aliphatic rings. The van der Waals surface area contributed by atoms with Crippen LogP contribution in [0.4, 0.5) is 0 Å². The molecular formula is C15H18N2O2. The molecule has 0 radical (unpaired) electrons. The molecule has 0 aliphatic heterocycles. The molecular weight excluding hydrogens is 240 g/mol. The van der Waals surface area contributed by atoms with Crippen LogP contribution < -0.4 is 10.2 Å². The van der Waals surface area contributed by atoms with Crippen molar-refractivity contribution in [1.29, 1.82) is 0 Å². The second-order valence-corrected chi connectivity index (χ2v) is 4.70. The molecule has 1 N–H and O–H groups in total. The number of nitrogens with one attached hydrogen (secondary N) is 1. The Kier molecular flexibility index (Phi) is 4.36. The highest BCUT2D eigenvalue weighted by Gasteiger charge is 2.03. The van der Waals surface area contributed by atoms with Crippen LogP contribution in [-0.2, 0) is 13.2 Å². The fraction of sp³-hybridized carbons (Fsp3) is 0.267. The van der Waals surface area contributed by atoms with Crippen molar-refractivity contribution in [3.05, 3.63) is 64.1 Å². The summed E-state index contributed by atoms with van der Waals surface area (Å²) < 4.78 is 5.53. The molecule has 0 bridgehead atoms. The Bertz CT molecular complexity index is 576. The first-order valence-electron chi connectivity index (χ1n) is 6.18. The van der Waals surface area contributed by atoms with E-state index in [1.54, 1.807) is 12.3 Å². The Morgan fingerprint density at radius 3 is 2.58 bits per heavy atom. The summed E-state index contributed by atoms with van der Waals surface area (Å²) >= 11 is 0. The number of pyridine rings is 1. The summed E-state index contributed by atoms with van der Waals surface area (Å²) in [6, 6.07) is 11.4. The van der Waals surface area contributed by atoms with Gasteiger partial charge in [0.2, 0.25) is 5.43 Å². The third-order valence-electron chi connectivity index (χ3n) is 2.66. The molecule has 2 rings (SSSR count). The average Bonchev–Trinajstić information content (AvgIpc) is 2.38. The third-order valence-corrected chi connectivity index (χ3v) is 2.66.